The largest absolute Gasteiger partial charge is 0.316 e. The van der Waals surface area contributed by atoms with E-state index < -0.39 is 0 Å². The molecule has 0 saturated carbocycles. The van der Waals surface area contributed by atoms with Crippen molar-refractivity contribution >= 4 is 60.8 Å². The number of unbranched alkanes of at least 4 members (excludes halogenated alkanes) is 2. The highest BCUT2D eigenvalue weighted by Crippen LogP contribution is 2.42. The predicted molar refractivity (Wildman–Crippen MR) is 232 cm³/mol. The topological polar surface area (TPSA) is 0 Å². The first-order valence-electron chi connectivity index (χ1n) is 19.1. The van der Waals surface area contributed by atoms with Gasteiger partial charge in [-0.05, 0) is 106 Å². The number of hydrogen-bond acceptors (Lipinski definition) is 2. The Hall–Kier alpha value is -4.15. The summed E-state index contributed by atoms with van der Waals surface area (Å²) in [7, 11) is 0. The van der Waals surface area contributed by atoms with Crippen LogP contribution in [0.25, 0.3) is 48.1 Å². The zero-order valence-corrected chi connectivity index (χ0v) is 33.0. The molecule has 3 heteroatoms. The third-order valence-corrected chi connectivity index (χ3v) is 13.4. The van der Waals surface area contributed by atoms with Crippen molar-refractivity contribution in [1.82, 2.24) is 0 Å². The van der Waals surface area contributed by atoms with E-state index in [2.05, 4.69) is 150 Å². The van der Waals surface area contributed by atoms with Crippen molar-refractivity contribution in [3.63, 3.8) is 0 Å². The van der Waals surface area contributed by atoms with Gasteiger partial charge in [-0.2, -0.15) is 0 Å². The van der Waals surface area contributed by atoms with Crippen LogP contribution in [0.1, 0.15) is 72.9 Å². The molecule has 0 radical (unpaired) electrons. The third kappa shape index (κ3) is 7.51. The van der Waals surface area contributed by atoms with Crippen LogP contribution in [0.2, 0.25) is 0 Å². The van der Waals surface area contributed by atoms with Crippen molar-refractivity contribution in [1.29, 1.82) is 0 Å². The normalized spacial score (nSPS) is 11.9. The number of hydrogen-bond donors (Lipinski definition) is 0. The molecular weight excluding hydrogens is 667 g/mol. The highest BCUT2D eigenvalue weighted by Gasteiger charge is 2.32. The molecule has 264 valence electrons. The van der Waals surface area contributed by atoms with Crippen LogP contribution < -0.4 is 0 Å². The van der Waals surface area contributed by atoms with E-state index in [1.165, 1.54) is 119 Å². The summed E-state index contributed by atoms with van der Waals surface area (Å²) in [5.41, 5.74) is 10.0. The average molecular weight is 719 g/mol. The summed E-state index contributed by atoms with van der Waals surface area (Å²) in [6.45, 7) is 18.0. The molecule has 0 saturated heterocycles. The quantitative estimate of drug-likeness (QED) is 0.0751. The number of thioether (sulfide) groups is 1. The number of thiophene rings is 1. The van der Waals surface area contributed by atoms with E-state index in [0.717, 1.165) is 23.3 Å². The van der Waals surface area contributed by atoms with Crippen LogP contribution >= 0.6 is 23.1 Å². The summed E-state index contributed by atoms with van der Waals surface area (Å²) in [5.74, 6) is 0.940. The van der Waals surface area contributed by atoms with Crippen LogP contribution in [-0.4, -0.2) is 17.6 Å². The monoisotopic (exact) mass is 718 g/mol. The Labute approximate surface area is 319 Å². The first-order chi connectivity index (χ1) is 25.4. The standard InChI is InChI=1S/C49H52NS2/c1-6-9-27-50(28-10-7-2,32-45-35(4)42-23-15-11-20-38(42)29-41(45)34-51-47-25-17-13-19-37(47)8-3)33-46-36(5)43-24-16-12-21-39(43)30-44(46)49-31-40-22-14-18-26-48(40)52-49/h8,11-26,29-31H,3,6-7,9-10,27-28,32-34H2,1-2,4-5H3/q+1. The van der Waals surface area contributed by atoms with Crippen LogP contribution in [0.5, 0.6) is 0 Å². The fourth-order valence-electron chi connectivity index (χ4n) is 8.18. The molecule has 1 aromatic heterocycles. The zero-order valence-electron chi connectivity index (χ0n) is 31.4. The average Bonchev–Trinajstić information content (AvgIpc) is 3.62. The van der Waals surface area contributed by atoms with Gasteiger partial charge in [0.15, 0.2) is 0 Å². The molecule has 0 fully saturated rings. The van der Waals surface area contributed by atoms with Crippen molar-refractivity contribution in [2.75, 3.05) is 13.1 Å². The van der Waals surface area contributed by atoms with Crippen LogP contribution in [0, 0.1) is 13.8 Å². The van der Waals surface area contributed by atoms with E-state index in [1.54, 1.807) is 0 Å². The van der Waals surface area contributed by atoms with E-state index in [-0.39, 0.29) is 0 Å². The first kappa shape index (κ1) is 36.2. The highest BCUT2D eigenvalue weighted by molar-refractivity contribution is 7.98. The van der Waals surface area contributed by atoms with Crippen LogP contribution in [0.3, 0.4) is 0 Å². The molecule has 1 heterocycles. The maximum Gasteiger partial charge on any atom is 0.106 e. The molecule has 52 heavy (non-hydrogen) atoms. The van der Waals surface area contributed by atoms with Gasteiger partial charge in [0.05, 0.1) is 13.1 Å². The summed E-state index contributed by atoms with van der Waals surface area (Å²) < 4.78 is 2.43. The minimum absolute atomic E-state index is 0.940. The Bertz CT molecular complexity index is 2300. The van der Waals surface area contributed by atoms with Crippen molar-refractivity contribution < 1.29 is 4.48 Å². The van der Waals surface area contributed by atoms with Gasteiger partial charge < -0.3 is 4.48 Å². The van der Waals surface area contributed by atoms with Gasteiger partial charge in [-0.15, -0.1) is 23.1 Å². The van der Waals surface area contributed by atoms with Crippen molar-refractivity contribution in [3.05, 3.63) is 155 Å². The second-order valence-corrected chi connectivity index (χ2v) is 16.7. The molecule has 1 nitrogen and oxygen atoms in total. The van der Waals surface area contributed by atoms with Crippen molar-refractivity contribution in [2.45, 2.75) is 77.1 Å². The van der Waals surface area contributed by atoms with Crippen LogP contribution in [-0.2, 0) is 18.8 Å². The van der Waals surface area contributed by atoms with Gasteiger partial charge in [-0.1, -0.05) is 124 Å². The summed E-state index contributed by atoms with van der Waals surface area (Å²) in [4.78, 5) is 2.68. The number of rotatable bonds is 15. The lowest BCUT2D eigenvalue weighted by atomic mass is 9.91. The molecule has 0 bridgehead atoms. The minimum atomic E-state index is 0.940. The second kappa shape index (κ2) is 16.3. The molecule has 0 amide bonds. The summed E-state index contributed by atoms with van der Waals surface area (Å²) >= 11 is 3.90. The molecule has 0 spiro atoms. The van der Waals surface area contributed by atoms with Crippen molar-refractivity contribution in [2.24, 2.45) is 0 Å². The Kier molecular flexibility index (Phi) is 11.3. The molecule has 0 aliphatic carbocycles. The first-order valence-corrected chi connectivity index (χ1v) is 20.9. The zero-order chi connectivity index (χ0) is 36.1. The number of quaternary nitrogens is 1. The molecule has 0 atom stereocenters. The lowest BCUT2D eigenvalue weighted by Gasteiger charge is -2.41. The lowest BCUT2D eigenvalue weighted by molar-refractivity contribution is -0.954. The molecule has 0 N–H and O–H groups in total. The Morgan fingerprint density at radius 1 is 0.654 bits per heavy atom. The van der Waals surface area contributed by atoms with E-state index in [4.69, 9.17) is 0 Å². The fourth-order valence-corrected chi connectivity index (χ4v) is 10.3. The lowest BCUT2D eigenvalue weighted by Crippen LogP contribution is -2.48. The predicted octanol–water partition coefficient (Wildman–Crippen LogP) is 14.5. The van der Waals surface area contributed by atoms with Gasteiger partial charge >= 0.3 is 0 Å². The summed E-state index contributed by atoms with van der Waals surface area (Å²) in [6.07, 6.45) is 6.83. The van der Waals surface area contributed by atoms with Gasteiger partial charge in [0.2, 0.25) is 0 Å². The van der Waals surface area contributed by atoms with E-state index >= 15 is 0 Å². The van der Waals surface area contributed by atoms with Crippen LogP contribution in [0.15, 0.2) is 127 Å². The number of nitrogens with zero attached hydrogens (tertiary/aromatic N) is 1. The molecular formula is C49H52NS2+. The molecule has 6 aromatic carbocycles. The Morgan fingerprint density at radius 3 is 1.90 bits per heavy atom. The number of fused-ring (bicyclic) bond motifs is 3. The van der Waals surface area contributed by atoms with Crippen molar-refractivity contribution in [3.8, 4) is 10.4 Å². The van der Waals surface area contributed by atoms with E-state index in [0.29, 0.717) is 0 Å². The van der Waals surface area contributed by atoms with E-state index in [1.807, 2.05) is 29.2 Å². The second-order valence-electron chi connectivity index (χ2n) is 14.6. The molecule has 0 aliphatic heterocycles. The molecule has 0 aliphatic rings. The smallest absolute Gasteiger partial charge is 0.106 e. The fraction of sp³-hybridized carbons (Fsp3) is 0.265. The number of aryl methyl sites for hydroxylation is 2. The Morgan fingerprint density at radius 2 is 1.23 bits per heavy atom. The molecule has 7 rings (SSSR count). The molecule has 0 unspecified atom stereocenters. The minimum Gasteiger partial charge on any atom is -0.316 e. The van der Waals surface area contributed by atoms with E-state index in [9.17, 15) is 0 Å². The number of benzene rings is 6. The van der Waals surface area contributed by atoms with Gasteiger partial charge in [0.1, 0.15) is 13.1 Å². The highest BCUT2D eigenvalue weighted by atomic mass is 32.2. The third-order valence-electron chi connectivity index (χ3n) is 11.1. The maximum absolute atomic E-state index is 4.12. The van der Waals surface area contributed by atoms with Gasteiger partial charge in [0, 0.05) is 36.9 Å². The van der Waals surface area contributed by atoms with Gasteiger partial charge in [0.25, 0.3) is 0 Å². The Balaban J connectivity index is 1.39. The summed E-state index contributed by atoms with van der Waals surface area (Å²) in [5, 5.41) is 6.78. The van der Waals surface area contributed by atoms with Gasteiger partial charge in [-0.3, -0.25) is 0 Å². The van der Waals surface area contributed by atoms with Crippen LogP contribution in [0.4, 0.5) is 0 Å². The van der Waals surface area contributed by atoms with Gasteiger partial charge in [-0.25, -0.2) is 0 Å². The SMILES string of the molecule is C=Cc1ccccc1SCc1cc2ccccc2c(C)c1C[N+](CCCC)(CCCC)Cc1c(-c2cc3ccccc3s2)cc2ccccc2c1C. The maximum atomic E-state index is 4.12. The molecule has 7 aromatic rings. The summed E-state index contributed by atoms with van der Waals surface area (Å²) in [6, 6.07) is 43.0.